The van der Waals surface area contributed by atoms with Crippen molar-refractivity contribution in [3.05, 3.63) is 0 Å². The summed E-state index contributed by atoms with van der Waals surface area (Å²) in [5, 5.41) is 0. The van der Waals surface area contributed by atoms with Gasteiger partial charge < -0.3 is 9.64 Å². The first kappa shape index (κ1) is 10.9. The topological polar surface area (TPSA) is 29.5 Å². The van der Waals surface area contributed by atoms with E-state index in [-0.39, 0.29) is 12.1 Å². The molecule has 4 atom stereocenters. The Morgan fingerprint density at radius 1 is 1.47 bits per heavy atom. The smallest absolute Gasteiger partial charge is 0.228 e. The van der Waals surface area contributed by atoms with Crippen LogP contribution in [0.15, 0.2) is 0 Å². The highest BCUT2D eigenvalue weighted by Gasteiger charge is 2.50. The Balaban J connectivity index is 2.18. The first-order chi connectivity index (χ1) is 7.16. The van der Waals surface area contributed by atoms with Crippen LogP contribution >= 0.6 is 0 Å². The van der Waals surface area contributed by atoms with E-state index < -0.39 is 0 Å². The third-order valence-electron chi connectivity index (χ3n) is 3.99. The summed E-state index contributed by atoms with van der Waals surface area (Å²) < 4.78 is 5.71. The minimum absolute atomic E-state index is 0.0373. The van der Waals surface area contributed by atoms with Crippen molar-refractivity contribution in [3.63, 3.8) is 0 Å². The van der Waals surface area contributed by atoms with Crippen LogP contribution in [0.3, 0.4) is 0 Å². The van der Waals surface area contributed by atoms with Crippen molar-refractivity contribution in [3.8, 4) is 0 Å². The molecule has 0 aromatic carbocycles. The molecule has 2 aliphatic rings. The van der Waals surface area contributed by atoms with Gasteiger partial charge in [0.2, 0.25) is 5.91 Å². The molecule has 3 nitrogen and oxygen atoms in total. The fourth-order valence-electron chi connectivity index (χ4n) is 3.26. The first-order valence-electron chi connectivity index (χ1n) is 6.05. The molecule has 86 valence electrons. The number of ether oxygens (including phenoxy) is 1. The number of amides is 1. The van der Waals surface area contributed by atoms with E-state index >= 15 is 0 Å². The number of rotatable bonds is 2. The summed E-state index contributed by atoms with van der Waals surface area (Å²) in [6.45, 7) is 4.90. The molecule has 1 aliphatic carbocycles. The van der Waals surface area contributed by atoms with E-state index in [1.165, 1.54) is 12.8 Å². The van der Waals surface area contributed by atoms with Crippen LogP contribution in [0.5, 0.6) is 0 Å². The van der Waals surface area contributed by atoms with E-state index in [0.717, 1.165) is 6.42 Å². The molecule has 1 saturated heterocycles. The van der Waals surface area contributed by atoms with Crippen LogP contribution in [0.4, 0.5) is 0 Å². The standard InChI is InChI=1S/C12H21NO2/c1-4-15-12-9-7-5-6-8(2)10(9)11(14)13(12)3/h8-10,12H,4-7H2,1-3H3/t8-,9+,10-,12-/m1/s1. The molecule has 3 heteroatoms. The highest BCUT2D eigenvalue weighted by atomic mass is 16.5. The molecule has 15 heavy (non-hydrogen) atoms. The molecule has 0 bridgehead atoms. The Morgan fingerprint density at radius 2 is 2.20 bits per heavy atom. The zero-order chi connectivity index (χ0) is 11.0. The molecular formula is C12H21NO2. The van der Waals surface area contributed by atoms with Gasteiger partial charge in [0, 0.05) is 25.5 Å². The zero-order valence-corrected chi connectivity index (χ0v) is 9.90. The van der Waals surface area contributed by atoms with E-state index in [1.807, 2.05) is 18.9 Å². The molecule has 0 N–H and O–H groups in total. The molecule has 0 radical (unpaired) electrons. The Labute approximate surface area is 91.8 Å². The van der Waals surface area contributed by atoms with Crippen LogP contribution in [-0.2, 0) is 9.53 Å². The molecular weight excluding hydrogens is 190 g/mol. The van der Waals surface area contributed by atoms with Crippen LogP contribution in [0.1, 0.15) is 33.1 Å². The maximum atomic E-state index is 12.1. The quantitative estimate of drug-likeness (QED) is 0.698. The monoisotopic (exact) mass is 211 g/mol. The molecule has 1 amide bonds. The summed E-state index contributed by atoms with van der Waals surface area (Å²) in [7, 11) is 1.88. The Kier molecular flexibility index (Phi) is 3.01. The highest BCUT2D eigenvalue weighted by molar-refractivity contribution is 5.82. The van der Waals surface area contributed by atoms with Crippen molar-refractivity contribution in [2.45, 2.75) is 39.3 Å². The Bertz CT molecular complexity index is 254. The highest BCUT2D eigenvalue weighted by Crippen LogP contribution is 2.43. The fraction of sp³-hybridized carbons (Fsp3) is 0.917. The number of nitrogens with zero attached hydrogens (tertiary/aromatic N) is 1. The van der Waals surface area contributed by atoms with Gasteiger partial charge in [-0.2, -0.15) is 0 Å². The van der Waals surface area contributed by atoms with E-state index in [0.29, 0.717) is 24.3 Å². The number of hydrogen-bond acceptors (Lipinski definition) is 2. The van der Waals surface area contributed by atoms with Crippen LogP contribution in [0, 0.1) is 17.8 Å². The van der Waals surface area contributed by atoms with E-state index in [2.05, 4.69) is 6.92 Å². The summed E-state index contributed by atoms with van der Waals surface area (Å²) in [5.74, 6) is 1.49. The third-order valence-corrected chi connectivity index (χ3v) is 3.99. The number of carbonyl (C=O) groups excluding carboxylic acids is 1. The maximum Gasteiger partial charge on any atom is 0.228 e. The van der Waals surface area contributed by atoms with Crippen molar-refractivity contribution in [2.24, 2.45) is 17.8 Å². The molecule has 0 unspecified atom stereocenters. The Hall–Kier alpha value is -0.570. The Morgan fingerprint density at radius 3 is 2.87 bits per heavy atom. The third kappa shape index (κ3) is 1.67. The number of likely N-dealkylation sites (tertiary alicyclic amines) is 1. The molecule has 1 aliphatic heterocycles. The molecule has 0 aromatic heterocycles. The van der Waals surface area contributed by atoms with Crippen molar-refractivity contribution >= 4 is 5.91 Å². The van der Waals surface area contributed by atoms with Crippen LogP contribution in [0.25, 0.3) is 0 Å². The second-order valence-electron chi connectivity index (χ2n) is 4.89. The van der Waals surface area contributed by atoms with Crippen molar-refractivity contribution in [1.82, 2.24) is 4.90 Å². The molecule has 1 heterocycles. The summed E-state index contributed by atoms with van der Waals surface area (Å²) in [6.07, 6.45) is 3.62. The predicted molar refractivity (Wildman–Crippen MR) is 58.2 cm³/mol. The fourth-order valence-corrected chi connectivity index (χ4v) is 3.26. The lowest BCUT2D eigenvalue weighted by atomic mass is 9.74. The largest absolute Gasteiger partial charge is 0.358 e. The second-order valence-corrected chi connectivity index (χ2v) is 4.89. The lowest BCUT2D eigenvalue weighted by Gasteiger charge is -2.31. The lowest BCUT2D eigenvalue weighted by Crippen LogP contribution is -2.34. The van der Waals surface area contributed by atoms with E-state index in [1.54, 1.807) is 0 Å². The van der Waals surface area contributed by atoms with Crippen molar-refractivity contribution in [2.75, 3.05) is 13.7 Å². The molecule has 0 aromatic rings. The van der Waals surface area contributed by atoms with Gasteiger partial charge in [0.25, 0.3) is 0 Å². The van der Waals surface area contributed by atoms with E-state index in [4.69, 9.17) is 4.74 Å². The van der Waals surface area contributed by atoms with Crippen LogP contribution in [0.2, 0.25) is 0 Å². The van der Waals surface area contributed by atoms with Gasteiger partial charge in [0.05, 0.1) is 0 Å². The average molecular weight is 211 g/mol. The minimum atomic E-state index is 0.0373. The van der Waals surface area contributed by atoms with Gasteiger partial charge in [-0.15, -0.1) is 0 Å². The van der Waals surface area contributed by atoms with Gasteiger partial charge in [0.15, 0.2) is 0 Å². The molecule has 2 rings (SSSR count). The van der Waals surface area contributed by atoms with Crippen LogP contribution < -0.4 is 0 Å². The SMILES string of the molecule is CCO[C@@H]1[C@H]2CCC[C@@H](C)[C@H]2C(=O)N1C. The summed E-state index contributed by atoms with van der Waals surface area (Å²) in [6, 6.07) is 0. The van der Waals surface area contributed by atoms with Crippen molar-refractivity contribution in [1.29, 1.82) is 0 Å². The average Bonchev–Trinajstić information content (AvgIpc) is 2.45. The zero-order valence-electron chi connectivity index (χ0n) is 9.90. The first-order valence-corrected chi connectivity index (χ1v) is 6.05. The second kappa shape index (κ2) is 4.12. The summed E-state index contributed by atoms with van der Waals surface area (Å²) in [4.78, 5) is 13.9. The lowest BCUT2D eigenvalue weighted by molar-refractivity contribution is -0.136. The maximum absolute atomic E-state index is 12.1. The van der Waals surface area contributed by atoms with Gasteiger partial charge >= 0.3 is 0 Å². The summed E-state index contributed by atoms with van der Waals surface area (Å²) in [5.41, 5.74) is 0. The van der Waals surface area contributed by atoms with Gasteiger partial charge in [-0.3, -0.25) is 4.79 Å². The molecule has 2 fully saturated rings. The molecule has 0 spiro atoms. The minimum Gasteiger partial charge on any atom is -0.358 e. The number of hydrogen-bond donors (Lipinski definition) is 0. The van der Waals surface area contributed by atoms with E-state index in [9.17, 15) is 4.79 Å². The van der Waals surface area contributed by atoms with Gasteiger partial charge in [-0.1, -0.05) is 13.3 Å². The van der Waals surface area contributed by atoms with Gasteiger partial charge in [-0.05, 0) is 25.7 Å². The van der Waals surface area contributed by atoms with Crippen LogP contribution in [-0.4, -0.2) is 30.7 Å². The van der Waals surface area contributed by atoms with Gasteiger partial charge in [-0.25, -0.2) is 0 Å². The number of fused-ring (bicyclic) bond motifs is 1. The number of carbonyl (C=O) groups is 1. The predicted octanol–water partition coefficient (Wildman–Crippen LogP) is 1.87. The summed E-state index contributed by atoms with van der Waals surface area (Å²) >= 11 is 0. The molecule has 1 saturated carbocycles. The van der Waals surface area contributed by atoms with Crippen molar-refractivity contribution < 1.29 is 9.53 Å². The van der Waals surface area contributed by atoms with Gasteiger partial charge in [0.1, 0.15) is 6.23 Å². The normalized spacial score (nSPS) is 40.7.